The van der Waals surface area contributed by atoms with Gasteiger partial charge in [-0.15, -0.1) is 0 Å². The Balaban J connectivity index is 3.85. The predicted octanol–water partition coefficient (Wildman–Crippen LogP) is 0.330. The third-order valence-electron chi connectivity index (χ3n) is 2.44. The van der Waals surface area contributed by atoms with Crippen LogP contribution in [0.1, 0.15) is 13.8 Å². The van der Waals surface area contributed by atoms with E-state index in [0.29, 0.717) is 0 Å². The van der Waals surface area contributed by atoms with E-state index >= 15 is 0 Å². The van der Waals surface area contributed by atoms with Crippen molar-refractivity contribution in [3.8, 4) is 0 Å². The fraction of sp³-hybridized carbons (Fsp3) is 1.00. The SMILES string of the molecule is CCN(CC)[SiH](CCN(C)C)NC. The number of nitrogens with zero attached hydrogens (tertiary/aromatic N) is 2. The van der Waals surface area contributed by atoms with E-state index < -0.39 is 9.12 Å². The molecule has 1 atom stereocenters. The van der Waals surface area contributed by atoms with Crippen LogP contribution < -0.4 is 4.98 Å². The first-order chi connectivity index (χ1) is 6.15. The molecule has 0 aliphatic carbocycles. The highest BCUT2D eigenvalue weighted by Gasteiger charge is 2.15. The summed E-state index contributed by atoms with van der Waals surface area (Å²) in [5, 5.41) is 0. The van der Waals surface area contributed by atoms with Gasteiger partial charge in [0.2, 0.25) is 0 Å². The van der Waals surface area contributed by atoms with Gasteiger partial charge in [0.25, 0.3) is 0 Å². The summed E-state index contributed by atoms with van der Waals surface area (Å²) in [6.45, 7) is 8.06. The Labute approximate surface area is 84.9 Å². The van der Waals surface area contributed by atoms with Gasteiger partial charge in [0.05, 0.1) is 0 Å². The van der Waals surface area contributed by atoms with Crippen molar-refractivity contribution >= 4 is 9.12 Å². The summed E-state index contributed by atoms with van der Waals surface area (Å²) in [5.41, 5.74) is 0. The second-order valence-electron chi connectivity index (χ2n) is 3.62. The first kappa shape index (κ1) is 13.1. The summed E-state index contributed by atoms with van der Waals surface area (Å²) in [6.07, 6.45) is 0. The molecule has 13 heavy (non-hydrogen) atoms. The van der Waals surface area contributed by atoms with E-state index in [1.165, 1.54) is 25.7 Å². The maximum atomic E-state index is 3.50. The number of hydrogen-bond donors (Lipinski definition) is 1. The molecule has 0 saturated heterocycles. The molecule has 4 heteroatoms. The molecule has 0 aromatic carbocycles. The maximum Gasteiger partial charge on any atom is 0.188 e. The highest BCUT2D eigenvalue weighted by atomic mass is 28.3. The molecule has 0 aliphatic heterocycles. The van der Waals surface area contributed by atoms with Crippen molar-refractivity contribution in [3.05, 3.63) is 0 Å². The van der Waals surface area contributed by atoms with Crippen molar-refractivity contribution in [2.45, 2.75) is 19.9 Å². The summed E-state index contributed by atoms with van der Waals surface area (Å²) in [4.78, 5) is 5.76. The molecule has 0 rings (SSSR count). The zero-order valence-electron chi connectivity index (χ0n) is 9.80. The van der Waals surface area contributed by atoms with E-state index in [-0.39, 0.29) is 0 Å². The van der Waals surface area contributed by atoms with Gasteiger partial charge in [-0.1, -0.05) is 13.8 Å². The molecule has 0 aromatic rings. The van der Waals surface area contributed by atoms with Gasteiger partial charge in [0.1, 0.15) is 0 Å². The second-order valence-corrected chi connectivity index (χ2v) is 6.53. The van der Waals surface area contributed by atoms with Crippen LogP contribution in [-0.4, -0.2) is 59.4 Å². The maximum absolute atomic E-state index is 3.50. The summed E-state index contributed by atoms with van der Waals surface area (Å²) < 4.78 is 2.59. The molecular formula is C9H25N3Si. The van der Waals surface area contributed by atoms with Gasteiger partial charge in [-0.25, -0.2) is 0 Å². The van der Waals surface area contributed by atoms with Gasteiger partial charge in [-0.05, 0) is 46.8 Å². The molecule has 0 fully saturated rings. The Hall–Kier alpha value is 0.0969. The van der Waals surface area contributed by atoms with Crippen molar-refractivity contribution in [2.24, 2.45) is 0 Å². The molecule has 0 heterocycles. The topological polar surface area (TPSA) is 18.5 Å². The zero-order valence-corrected chi connectivity index (χ0v) is 11.0. The number of hydrogen-bond acceptors (Lipinski definition) is 3. The van der Waals surface area contributed by atoms with E-state index in [1.54, 1.807) is 0 Å². The van der Waals surface area contributed by atoms with E-state index in [1.807, 2.05) is 0 Å². The minimum Gasteiger partial charge on any atom is -0.331 e. The lowest BCUT2D eigenvalue weighted by Crippen LogP contribution is -2.49. The van der Waals surface area contributed by atoms with Crippen LogP contribution in [0.3, 0.4) is 0 Å². The van der Waals surface area contributed by atoms with Crippen molar-refractivity contribution < 1.29 is 0 Å². The van der Waals surface area contributed by atoms with Gasteiger partial charge in [0, 0.05) is 0 Å². The monoisotopic (exact) mass is 203 g/mol. The molecule has 0 radical (unpaired) electrons. The van der Waals surface area contributed by atoms with Gasteiger partial charge in [-0.2, -0.15) is 0 Å². The van der Waals surface area contributed by atoms with Crippen molar-refractivity contribution in [1.29, 1.82) is 0 Å². The van der Waals surface area contributed by atoms with Crippen LogP contribution in [0.4, 0.5) is 0 Å². The third kappa shape index (κ3) is 5.41. The van der Waals surface area contributed by atoms with E-state index in [0.717, 1.165) is 0 Å². The molecular weight excluding hydrogens is 178 g/mol. The molecule has 1 N–H and O–H groups in total. The van der Waals surface area contributed by atoms with Crippen LogP contribution >= 0.6 is 0 Å². The fourth-order valence-corrected chi connectivity index (χ4v) is 4.22. The molecule has 0 aliphatic rings. The fourth-order valence-electron chi connectivity index (χ4n) is 1.55. The average Bonchev–Trinajstić information content (AvgIpc) is 2.11. The van der Waals surface area contributed by atoms with E-state index in [2.05, 4.69) is 49.4 Å². The molecule has 0 amide bonds. The first-order valence-electron chi connectivity index (χ1n) is 5.21. The Bertz CT molecular complexity index is 115. The van der Waals surface area contributed by atoms with Gasteiger partial charge < -0.3 is 14.4 Å². The van der Waals surface area contributed by atoms with Crippen molar-refractivity contribution in [2.75, 3.05) is 40.8 Å². The van der Waals surface area contributed by atoms with Crippen LogP contribution in [-0.2, 0) is 0 Å². The van der Waals surface area contributed by atoms with Crippen LogP contribution in [0.15, 0.2) is 0 Å². The van der Waals surface area contributed by atoms with Crippen LogP contribution in [0, 0.1) is 0 Å². The average molecular weight is 203 g/mol. The quantitative estimate of drug-likeness (QED) is 0.602. The normalized spacial score (nSPS) is 14.1. The molecule has 0 saturated carbocycles. The Morgan fingerprint density at radius 3 is 2.00 bits per heavy atom. The van der Waals surface area contributed by atoms with Crippen LogP contribution in [0.2, 0.25) is 6.04 Å². The summed E-state index contributed by atoms with van der Waals surface area (Å²) >= 11 is 0. The highest BCUT2D eigenvalue weighted by Crippen LogP contribution is 1.97. The second kappa shape index (κ2) is 7.50. The van der Waals surface area contributed by atoms with Gasteiger partial charge in [0.15, 0.2) is 9.12 Å². The van der Waals surface area contributed by atoms with Crippen LogP contribution in [0.5, 0.6) is 0 Å². The van der Waals surface area contributed by atoms with Crippen molar-refractivity contribution in [3.63, 3.8) is 0 Å². The lowest BCUT2D eigenvalue weighted by molar-refractivity contribution is 0.414. The largest absolute Gasteiger partial charge is 0.331 e. The predicted molar refractivity (Wildman–Crippen MR) is 62.5 cm³/mol. The van der Waals surface area contributed by atoms with Gasteiger partial charge in [-0.3, -0.25) is 0 Å². The molecule has 0 spiro atoms. The standard InChI is InChI=1S/C9H25N3Si/c1-6-12(7-2)13(10-3)9-8-11(4)5/h10,13H,6-9H2,1-5H3. The smallest absolute Gasteiger partial charge is 0.188 e. The lowest BCUT2D eigenvalue weighted by atomic mass is 10.7. The number of nitrogens with one attached hydrogen (secondary N) is 1. The lowest BCUT2D eigenvalue weighted by Gasteiger charge is -2.28. The molecule has 1 unspecified atom stereocenters. The van der Waals surface area contributed by atoms with Crippen LogP contribution in [0.25, 0.3) is 0 Å². The Kier molecular flexibility index (Phi) is 7.55. The summed E-state index contributed by atoms with van der Waals surface area (Å²) in [7, 11) is 5.54. The summed E-state index contributed by atoms with van der Waals surface area (Å²) in [5.74, 6) is 0. The van der Waals surface area contributed by atoms with E-state index in [4.69, 9.17) is 0 Å². The zero-order chi connectivity index (χ0) is 10.3. The number of rotatable bonds is 7. The molecule has 80 valence electrons. The van der Waals surface area contributed by atoms with E-state index in [9.17, 15) is 0 Å². The minimum atomic E-state index is -0.842. The Morgan fingerprint density at radius 1 is 1.15 bits per heavy atom. The summed E-state index contributed by atoms with van der Waals surface area (Å²) in [6, 6.07) is 1.32. The molecule has 0 aromatic heterocycles. The first-order valence-corrected chi connectivity index (χ1v) is 7.12. The minimum absolute atomic E-state index is 0.842. The molecule has 3 nitrogen and oxygen atoms in total. The molecule has 0 bridgehead atoms. The van der Waals surface area contributed by atoms with Crippen molar-refractivity contribution in [1.82, 2.24) is 14.4 Å². The highest BCUT2D eigenvalue weighted by molar-refractivity contribution is 6.52. The Morgan fingerprint density at radius 2 is 1.69 bits per heavy atom. The van der Waals surface area contributed by atoms with Gasteiger partial charge >= 0.3 is 0 Å². The third-order valence-corrected chi connectivity index (χ3v) is 5.52.